The number of nitrogens with zero attached hydrogens (tertiary/aromatic N) is 3. The molecule has 0 saturated carbocycles. The van der Waals surface area contributed by atoms with Crippen LogP contribution in [0, 0.1) is 6.92 Å². The first-order valence-electron chi connectivity index (χ1n) is 9.70. The van der Waals surface area contributed by atoms with E-state index in [1.54, 1.807) is 35.5 Å². The molecule has 0 aliphatic carbocycles. The summed E-state index contributed by atoms with van der Waals surface area (Å²) in [5.41, 5.74) is 3.41. The molecule has 0 atom stereocenters. The molecule has 1 amide bonds. The molecule has 0 spiro atoms. The number of hydrogen-bond donors (Lipinski definition) is 1. The van der Waals surface area contributed by atoms with Crippen molar-refractivity contribution in [1.82, 2.24) is 14.9 Å². The third-order valence-corrected chi connectivity index (χ3v) is 5.01. The first-order valence-corrected chi connectivity index (χ1v) is 9.70. The predicted molar refractivity (Wildman–Crippen MR) is 110 cm³/mol. The van der Waals surface area contributed by atoms with E-state index in [0.717, 1.165) is 28.9 Å². The van der Waals surface area contributed by atoms with Crippen molar-refractivity contribution in [3.05, 3.63) is 71.7 Å². The monoisotopic (exact) mass is 403 g/mol. The molecule has 152 valence electrons. The van der Waals surface area contributed by atoms with Crippen molar-refractivity contribution in [1.29, 1.82) is 0 Å². The lowest BCUT2D eigenvalue weighted by Crippen LogP contribution is -2.24. The smallest absolute Gasteiger partial charge is 0.335 e. The molecule has 0 unspecified atom stereocenters. The van der Waals surface area contributed by atoms with E-state index in [0.29, 0.717) is 31.0 Å². The second-order valence-corrected chi connectivity index (χ2v) is 7.22. The second kappa shape index (κ2) is 8.32. The first-order chi connectivity index (χ1) is 14.5. The summed E-state index contributed by atoms with van der Waals surface area (Å²) in [6, 6.07) is 12.1. The molecule has 3 aromatic rings. The zero-order chi connectivity index (χ0) is 21.1. The number of carbonyl (C=O) groups excluding carboxylic acids is 1. The zero-order valence-corrected chi connectivity index (χ0v) is 16.5. The largest absolute Gasteiger partial charge is 0.478 e. The third kappa shape index (κ3) is 4.30. The van der Waals surface area contributed by atoms with Crippen LogP contribution in [-0.2, 0) is 11.3 Å². The van der Waals surface area contributed by atoms with Gasteiger partial charge in [0.2, 0.25) is 5.91 Å². The van der Waals surface area contributed by atoms with Gasteiger partial charge in [-0.05, 0) is 49.7 Å². The van der Waals surface area contributed by atoms with Gasteiger partial charge in [-0.25, -0.2) is 4.79 Å². The van der Waals surface area contributed by atoms with Gasteiger partial charge in [0.25, 0.3) is 0 Å². The maximum atomic E-state index is 12.0. The van der Waals surface area contributed by atoms with Gasteiger partial charge in [-0.15, -0.1) is 0 Å². The summed E-state index contributed by atoms with van der Waals surface area (Å²) >= 11 is 0. The molecule has 0 radical (unpaired) electrons. The molecule has 1 aromatic heterocycles. The van der Waals surface area contributed by atoms with Crippen LogP contribution in [-0.4, -0.2) is 38.4 Å². The van der Waals surface area contributed by atoms with Gasteiger partial charge in [-0.3, -0.25) is 14.8 Å². The Morgan fingerprint density at radius 3 is 2.57 bits per heavy atom. The van der Waals surface area contributed by atoms with Crippen LogP contribution in [0.15, 0.2) is 54.9 Å². The summed E-state index contributed by atoms with van der Waals surface area (Å²) in [5, 5.41) is 9.34. The lowest BCUT2D eigenvalue weighted by molar-refractivity contribution is -0.128. The average molecular weight is 403 g/mol. The number of aromatic carboxylic acids is 1. The lowest BCUT2D eigenvalue weighted by atomic mass is 10.1. The number of aromatic nitrogens is 2. The van der Waals surface area contributed by atoms with Crippen LogP contribution in [0.2, 0.25) is 0 Å². The number of amides is 1. The highest BCUT2D eigenvalue weighted by atomic mass is 16.5. The number of benzene rings is 2. The van der Waals surface area contributed by atoms with Crippen molar-refractivity contribution in [2.24, 2.45) is 0 Å². The van der Waals surface area contributed by atoms with Gasteiger partial charge in [0.15, 0.2) is 0 Å². The van der Waals surface area contributed by atoms with Crippen molar-refractivity contribution in [2.75, 3.05) is 6.54 Å². The molecule has 0 bridgehead atoms. The van der Waals surface area contributed by atoms with Crippen LogP contribution in [0.25, 0.3) is 11.3 Å². The molecule has 1 fully saturated rings. The topological polar surface area (TPSA) is 92.6 Å². The zero-order valence-electron chi connectivity index (χ0n) is 16.5. The average Bonchev–Trinajstić information content (AvgIpc) is 3.15. The molecule has 4 rings (SSSR count). The molecule has 30 heavy (non-hydrogen) atoms. The van der Waals surface area contributed by atoms with Crippen LogP contribution < -0.4 is 4.74 Å². The van der Waals surface area contributed by atoms with Gasteiger partial charge in [-0.1, -0.05) is 6.07 Å². The van der Waals surface area contributed by atoms with Gasteiger partial charge in [0.1, 0.15) is 11.5 Å². The molecule has 1 aliphatic heterocycles. The van der Waals surface area contributed by atoms with E-state index in [9.17, 15) is 14.7 Å². The summed E-state index contributed by atoms with van der Waals surface area (Å²) in [4.78, 5) is 33.8. The number of carboxylic acids is 1. The van der Waals surface area contributed by atoms with Gasteiger partial charge in [0.05, 0.1) is 23.1 Å². The maximum Gasteiger partial charge on any atom is 0.335 e. The fourth-order valence-electron chi connectivity index (χ4n) is 3.35. The highest BCUT2D eigenvalue weighted by Gasteiger charge is 2.22. The fraction of sp³-hybridized carbons (Fsp3) is 0.217. The van der Waals surface area contributed by atoms with E-state index in [1.165, 1.54) is 12.1 Å². The lowest BCUT2D eigenvalue weighted by Gasteiger charge is -2.19. The Balaban J connectivity index is 1.59. The third-order valence-electron chi connectivity index (χ3n) is 5.01. The maximum absolute atomic E-state index is 12.0. The minimum Gasteiger partial charge on any atom is -0.478 e. The Hall–Kier alpha value is -3.74. The van der Waals surface area contributed by atoms with E-state index in [1.807, 2.05) is 19.1 Å². The standard InChI is InChI=1S/C23H21N3O4/c1-15-12-25-20(13-24-15)16-6-8-19(9-7-16)30-21-11-17(23(28)29)4-5-18(21)14-26-10-2-3-22(26)27/h4-9,11-13H,2-3,10,14H2,1H3,(H,28,29). The molecule has 7 nitrogen and oxygen atoms in total. The van der Waals surface area contributed by atoms with Crippen LogP contribution in [0.3, 0.4) is 0 Å². The number of aryl methyl sites for hydroxylation is 1. The van der Waals surface area contributed by atoms with E-state index >= 15 is 0 Å². The van der Waals surface area contributed by atoms with Gasteiger partial charge in [-0.2, -0.15) is 0 Å². The molecule has 1 saturated heterocycles. The Kier molecular flexibility index (Phi) is 5.43. The fourth-order valence-corrected chi connectivity index (χ4v) is 3.35. The molecular weight excluding hydrogens is 382 g/mol. The summed E-state index contributed by atoms with van der Waals surface area (Å²) in [7, 11) is 0. The number of carboxylic acid groups (broad SMARTS) is 1. The Morgan fingerprint density at radius 1 is 1.13 bits per heavy atom. The van der Waals surface area contributed by atoms with Crippen LogP contribution in [0.4, 0.5) is 0 Å². The second-order valence-electron chi connectivity index (χ2n) is 7.22. The number of hydrogen-bond acceptors (Lipinski definition) is 5. The highest BCUT2D eigenvalue weighted by molar-refractivity contribution is 5.88. The van der Waals surface area contributed by atoms with Crippen molar-refractivity contribution in [3.8, 4) is 22.8 Å². The molecule has 2 heterocycles. The van der Waals surface area contributed by atoms with Crippen LogP contribution in [0.5, 0.6) is 11.5 Å². The minimum atomic E-state index is -1.03. The number of likely N-dealkylation sites (tertiary alicyclic amines) is 1. The molecule has 7 heteroatoms. The van der Waals surface area contributed by atoms with Crippen LogP contribution in [0.1, 0.15) is 34.5 Å². The molecule has 1 N–H and O–H groups in total. The normalized spacial score (nSPS) is 13.5. The predicted octanol–water partition coefficient (Wildman–Crippen LogP) is 4.06. The SMILES string of the molecule is Cc1cnc(-c2ccc(Oc3cc(C(=O)O)ccc3CN3CCCC3=O)cc2)cn1. The van der Waals surface area contributed by atoms with Gasteiger partial charge in [0, 0.05) is 36.8 Å². The van der Waals surface area contributed by atoms with Crippen molar-refractivity contribution in [3.63, 3.8) is 0 Å². The number of rotatable bonds is 6. The summed E-state index contributed by atoms with van der Waals surface area (Å²) in [6.45, 7) is 2.97. The quantitative estimate of drug-likeness (QED) is 0.667. The minimum absolute atomic E-state index is 0.104. The summed E-state index contributed by atoms with van der Waals surface area (Å²) in [5.74, 6) is 0.0663. The summed E-state index contributed by atoms with van der Waals surface area (Å²) in [6.07, 6.45) is 4.81. The molecule has 2 aromatic carbocycles. The highest BCUT2D eigenvalue weighted by Crippen LogP contribution is 2.30. The number of carbonyl (C=O) groups is 2. The van der Waals surface area contributed by atoms with Crippen molar-refractivity contribution in [2.45, 2.75) is 26.3 Å². The van der Waals surface area contributed by atoms with E-state index < -0.39 is 5.97 Å². The van der Waals surface area contributed by atoms with E-state index in [2.05, 4.69) is 9.97 Å². The van der Waals surface area contributed by atoms with E-state index in [4.69, 9.17) is 4.74 Å². The van der Waals surface area contributed by atoms with Crippen LogP contribution >= 0.6 is 0 Å². The van der Waals surface area contributed by atoms with Gasteiger partial charge < -0.3 is 14.7 Å². The Labute approximate surface area is 174 Å². The van der Waals surface area contributed by atoms with Crippen molar-refractivity contribution >= 4 is 11.9 Å². The Bertz CT molecular complexity index is 1080. The Morgan fingerprint density at radius 2 is 1.93 bits per heavy atom. The molecular formula is C23H21N3O4. The summed E-state index contributed by atoms with van der Waals surface area (Å²) < 4.78 is 6.02. The van der Waals surface area contributed by atoms with E-state index in [-0.39, 0.29) is 11.5 Å². The van der Waals surface area contributed by atoms with Gasteiger partial charge >= 0.3 is 5.97 Å². The van der Waals surface area contributed by atoms with Crippen molar-refractivity contribution < 1.29 is 19.4 Å². The first kappa shape index (κ1) is 19.6. The molecule has 1 aliphatic rings. The number of ether oxygens (including phenoxy) is 1.